The number of halogens is 1. The molecule has 8 heteroatoms. The zero-order chi connectivity index (χ0) is 14.2. The number of nitro groups is 1. The van der Waals surface area contributed by atoms with Crippen molar-refractivity contribution >= 4 is 27.6 Å². The number of carboxylic acids is 1. The lowest BCUT2D eigenvalue weighted by molar-refractivity contribution is -0.384. The number of hydrogen-bond donors (Lipinski definition) is 1. The molecule has 0 aliphatic carbocycles. The van der Waals surface area contributed by atoms with E-state index in [-0.39, 0.29) is 11.4 Å². The summed E-state index contributed by atoms with van der Waals surface area (Å²) in [6.45, 7) is 1.61. The number of non-ortho nitro benzene ring substituents is 1. The standard InChI is InChI=1S/C11H8BrN3O4/c1-6-5-14(13-10(6)11(16)17)9-4-7(15(18)19)2-3-8(9)12/h2-5H,1H3,(H,16,17). The SMILES string of the molecule is Cc1cn(-c2cc([N+](=O)[O-])ccc2Br)nc1C(=O)O. The molecule has 0 saturated carbocycles. The van der Waals surface area contributed by atoms with Crippen LogP contribution < -0.4 is 0 Å². The van der Waals surface area contributed by atoms with Gasteiger partial charge in [0.2, 0.25) is 0 Å². The van der Waals surface area contributed by atoms with E-state index in [4.69, 9.17) is 5.11 Å². The fourth-order valence-corrected chi connectivity index (χ4v) is 2.01. The Morgan fingerprint density at radius 1 is 1.53 bits per heavy atom. The molecule has 19 heavy (non-hydrogen) atoms. The Morgan fingerprint density at radius 3 is 2.74 bits per heavy atom. The van der Waals surface area contributed by atoms with Crippen LogP contribution in [0.15, 0.2) is 28.9 Å². The molecule has 0 aliphatic rings. The lowest BCUT2D eigenvalue weighted by Crippen LogP contribution is -2.02. The summed E-state index contributed by atoms with van der Waals surface area (Å²) in [6.07, 6.45) is 1.51. The van der Waals surface area contributed by atoms with Crippen molar-refractivity contribution in [3.8, 4) is 5.69 Å². The van der Waals surface area contributed by atoms with Crippen LogP contribution in [0.4, 0.5) is 5.69 Å². The second kappa shape index (κ2) is 4.81. The number of carboxylic acid groups (broad SMARTS) is 1. The van der Waals surface area contributed by atoms with Crippen LogP contribution in [-0.2, 0) is 0 Å². The van der Waals surface area contributed by atoms with E-state index < -0.39 is 10.9 Å². The lowest BCUT2D eigenvalue weighted by Gasteiger charge is -2.03. The monoisotopic (exact) mass is 325 g/mol. The molecule has 0 bridgehead atoms. The Bertz CT molecular complexity index is 681. The van der Waals surface area contributed by atoms with Gasteiger partial charge >= 0.3 is 5.97 Å². The maximum atomic E-state index is 10.9. The largest absolute Gasteiger partial charge is 0.476 e. The van der Waals surface area contributed by atoms with Crippen molar-refractivity contribution in [1.29, 1.82) is 0 Å². The lowest BCUT2D eigenvalue weighted by atomic mass is 10.3. The third-order valence-electron chi connectivity index (χ3n) is 2.49. The third-order valence-corrected chi connectivity index (χ3v) is 3.16. The second-order valence-electron chi connectivity index (χ2n) is 3.80. The molecule has 1 aromatic heterocycles. The zero-order valence-electron chi connectivity index (χ0n) is 9.70. The summed E-state index contributed by atoms with van der Waals surface area (Å²) in [5.74, 6) is -1.14. The first kappa shape index (κ1) is 13.2. The van der Waals surface area contributed by atoms with Crippen LogP contribution >= 0.6 is 15.9 Å². The van der Waals surface area contributed by atoms with Gasteiger partial charge in [0, 0.05) is 28.4 Å². The molecule has 0 saturated heterocycles. The van der Waals surface area contributed by atoms with Crippen LogP contribution in [0, 0.1) is 17.0 Å². The molecular weight excluding hydrogens is 318 g/mol. The van der Waals surface area contributed by atoms with Crippen LogP contribution in [0.2, 0.25) is 0 Å². The van der Waals surface area contributed by atoms with Gasteiger partial charge in [0.25, 0.3) is 5.69 Å². The summed E-state index contributed by atoms with van der Waals surface area (Å²) in [5.41, 5.74) is 0.706. The molecule has 0 radical (unpaired) electrons. The van der Waals surface area contributed by atoms with Crippen molar-refractivity contribution in [3.63, 3.8) is 0 Å². The maximum absolute atomic E-state index is 10.9. The van der Waals surface area contributed by atoms with Gasteiger partial charge in [-0.1, -0.05) is 0 Å². The number of benzene rings is 1. The van der Waals surface area contributed by atoms with Gasteiger partial charge in [-0.15, -0.1) is 0 Å². The van der Waals surface area contributed by atoms with Gasteiger partial charge in [0.15, 0.2) is 5.69 Å². The Labute approximate surface area is 115 Å². The molecule has 0 atom stereocenters. The van der Waals surface area contributed by atoms with E-state index in [2.05, 4.69) is 21.0 Å². The van der Waals surface area contributed by atoms with Crippen molar-refractivity contribution in [2.75, 3.05) is 0 Å². The quantitative estimate of drug-likeness (QED) is 0.690. The summed E-state index contributed by atoms with van der Waals surface area (Å²) in [7, 11) is 0. The number of aromatic carboxylic acids is 1. The molecule has 7 nitrogen and oxygen atoms in total. The number of nitro benzene ring substituents is 1. The summed E-state index contributed by atoms with van der Waals surface area (Å²) in [4.78, 5) is 21.1. The predicted octanol–water partition coefficient (Wildman–Crippen LogP) is 2.55. The Balaban J connectivity index is 2.58. The van der Waals surface area contributed by atoms with Crippen molar-refractivity contribution in [2.24, 2.45) is 0 Å². The Hall–Kier alpha value is -2.22. The Kier molecular flexibility index (Phi) is 3.34. The van der Waals surface area contributed by atoms with Gasteiger partial charge in [-0.2, -0.15) is 5.10 Å². The molecule has 2 aromatic rings. The number of carbonyl (C=O) groups is 1. The van der Waals surface area contributed by atoms with Gasteiger partial charge in [-0.25, -0.2) is 9.48 Å². The van der Waals surface area contributed by atoms with Crippen molar-refractivity contribution in [1.82, 2.24) is 9.78 Å². The summed E-state index contributed by atoms with van der Waals surface area (Å²) >= 11 is 3.26. The first-order valence-corrected chi connectivity index (χ1v) is 5.93. The zero-order valence-corrected chi connectivity index (χ0v) is 11.3. The van der Waals surface area contributed by atoms with E-state index in [1.54, 1.807) is 6.92 Å². The fraction of sp³-hybridized carbons (Fsp3) is 0.0909. The van der Waals surface area contributed by atoms with Crippen LogP contribution in [0.5, 0.6) is 0 Å². The van der Waals surface area contributed by atoms with E-state index in [9.17, 15) is 14.9 Å². The highest BCUT2D eigenvalue weighted by Gasteiger charge is 2.16. The normalized spacial score (nSPS) is 10.4. The van der Waals surface area contributed by atoms with Gasteiger partial charge in [-0.05, 0) is 28.9 Å². The average Bonchev–Trinajstić information content (AvgIpc) is 2.71. The summed E-state index contributed by atoms with van der Waals surface area (Å²) in [5, 5.41) is 23.6. The number of hydrogen-bond acceptors (Lipinski definition) is 4. The van der Waals surface area contributed by atoms with Gasteiger partial charge in [0.1, 0.15) is 0 Å². The topological polar surface area (TPSA) is 98.3 Å². The van der Waals surface area contributed by atoms with Gasteiger partial charge in [0.05, 0.1) is 10.6 Å². The van der Waals surface area contributed by atoms with E-state index in [1.165, 1.54) is 29.1 Å². The highest BCUT2D eigenvalue weighted by molar-refractivity contribution is 9.10. The molecule has 0 amide bonds. The average molecular weight is 326 g/mol. The fourth-order valence-electron chi connectivity index (χ4n) is 1.59. The van der Waals surface area contributed by atoms with Crippen LogP contribution in [0.3, 0.4) is 0 Å². The molecule has 98 valence electrons. The molecule has 2 rings (SSSR count). The van der Waals surface area contributed by atoms with Crippen LogP contribution in [0.25, 0.3) is 5.69 Å². The molecule has 1 N–H and O–H groups in total. The van der Waals surface area contributed by atoms with Crippen LogP contribution in [0.1, 0.15) is 16.1 Å². The number of aromatic nitrogens is 2. The number of rotatable bonds is 3. The molecule has 1 heterocycles. The van der Waals surface area contributed by atoms with Crippen molar-refractivity contribution < 1.29 is 14.8 Å². The minimum Gasteiger partial charge on any atom is -0.476 e. The smallest absolute Gasteiger partial charge is 0.356 e. The molecule has 0 spiro atoms. The van der Waals surface area contributed by atoms with E-state index in [1.807, 2.05) is 0 Å². The first-order chi connectivity index (χ1) is 8.90. The highest BCUT2D eigenvalue weighted by atomic mass is 79.9. The molecule has 0 unspecified atom stereocenters. The van der Waals surface area contributed by atoms with Crippen molar-refractivity contribution in [3.05, 3.63) is 50.2 Å². The summed E-state index contributed by atoms with van der Waals surface area (Å²) in [6, 6.07) is 4.19. The summed E-state index contributed by atoms with van der Waals surface area (Å²) < 4.78 is 1.88. The van der Waals surface area contributed by atoms with E-state index >= 15 is 0 Å². The van der Waals surface area contributed by atoms with Crippen molar-refractivity contribution in [2.45, 2.75) is 6.92 Å². The van der Waals surface area contributed by atoms with Crippen LogP contribution in [-0.4, -0.2) is 25.8 Å². The molecule has 1 aromatic carbocycles. The molecule has 0 aliphatic heterocycles. The van der Waals surface area contributed by atoms with Gasteiger partial charge in [-0.3, -0.25) is 10.1 Å². The third kappa shape index (κ3) is 2.48. The minimum atomic E-state index is -1.14. The molecular formula is C11H8BrN3O4. The van der Waals surface area contributed by atoms with E-state index in [0.29, 0.717) is 15.7 Å². The maximum Gasteiger partial charge on any atom is 0.356 e. The second-order valence-corrected chi connectivity index (χ2v) is 4.66. The molecule has 0 fully saturated rings. The minimum absolute atomic E-state index is 0.0848. The predicted molar refractivity (Wildman–Crippen MR) is 69.6 cm³/mol. The first-order valence-electron chi connectivity index (χ1n) is 5.14. The number of aryl methyl sites for hydroxylation is 1. The van der Waals surface area contributed by atoms with Gasteiger partial charge < -0.3 is 5.11 Å². The Morgan fingerprint density at radius 2 is 2.21 bits per heavy atom. The highest BCUT2D eigenvalue weighted by Crippen LogP contribution is 2.26. The number of nitrogens with zero attached hydrogens (tertiary/aromatic N) is 3. The van der Waals surface area contributed by atoms with E-state index in [0.717, 1.165) is 0 Å².